The Labute approximate surface area is 96.0 Å². The van der Waals surface area contributed by atoms with Gasteiger partial charge in [0.15, 0.2) is 5.78 Å². The summed E-state index contributed by atoms with van der Waals surface area (Å²) in [6.07, 6.45) is -2.52. The zero-order chi connectivity index (χ0) is 11.4. The largest absolute Gasteiger partial charge is 0.294 e. The van der Waals surface area contributed by atoms with Crippen LogP contribution >= 0.6 is 23.2 Å². The van der Waals surface area contributed by atoms with Crippen molar-refractivity contribution in [2.45, 2.75) is 12.8 Å². The fourth-order valence-electron chi connectivity index (χ4n) is 1.11. The zero-order valence-corrected chi connectivity index (χ0v) is 9.16. The van der Waals surface area contributed by atoms with E-state index in [0.717, 1.165) is 6.07 Å². The number of carbonyl (C=O) groups is 1. The molecule has 0 heterocycles. The maximum atomic E-state index is 12.3. The molecule has 1 rings (SSSR count). The predicted molar refractivity (Wildman–Crippen MR) is 56.1 cm³/mol. The molecule has 1 aromatic carbocycles. The second-order valence-electron chi connectivity index (χ2n) is 2.90. The molecule has 1 aromatic rings. The maximum absolute atomic E-state index is 12.3. The molecular weight excluding hydrogens is 245 g/mol. The molecule has 0 radical (unpaired) electrons. The standard InChI is InChI=1S/C10H8Cl2F2O/c11-4-3-9(15)7-5-6(10(13)14)1-2-8(7)12/h1-2,5,10H,3-4H2. The third kappa shape index (κ3) is 3.14. The topological polar surface area (TPSA) is 17.1 Å². The minimum absolute atomic E-state index is 0.0912. The van der Waals surface area contributed by atoms with Gasteiger partial charge < -0.3 is 0 Å². The van der Waals surface area contributed by atoms with Crippen LogP contribution < -0.4 is 0 Å². The van der Waals surface area contributed by atoms with Gasteiger partial charge in [0, 0.05) is 23.4 Å². The highest BCUT2D eigenvalue weighted by Crippen LogP contribution is 2.25. The van der Waals surface area contributed by atoms with Crippen molar-refractivity contribution >= 4 is 29.0 Å². The van der Waals surface area contributed by atoms with Gasteiger partial charge in [-0.05, 0) is 12.1 Å². The average molecular weight is 253 g/mol. The molecule has 0 spiro atoms. The first-order valence-electron chi connectivity index (χ1n) is 4.23. The lowest BCUT2D eigenvalue weighted by molar-refractivity contribution is 0.0989. The molecule has 0 aliphatic carbocycles. The van der Waals surface area contributed by atoms with E-state index in [0.29, 0.717) is 0 Å². The molecule has 0 aromatic heterocycles. The van der Waals surface area contributed by atoms with E-state index < -0.39 is 6.43 Å². The number of benzene rings is 1. The third-order valence-corrected chi connectivity index (χ3v) is 2.38. The fourth-order valence-corrected chi connectivity index (χ4v) is 1.51. The van der Waals surface area contributed by atoms with Gasteiger partial charge in [0.25, 0.3) is 6.43 Å². The first-order valence-corrected chi connectivity index (χ1v) is 5.14. The van der Waals surface area contributed by atoms with Crippen LogP contribution in [0.1, 0.15) is 28.8 Å². The Bertz CT molecular complexity index is 366. The summed E-state index contributed by atoms with van der Waals surface area (Å²) in [4.78, 5) is 11.4. The number of hydrogen-bond donors (Lipinski definition) is 0. The summed E-state index contributed by atoms with van der Waals surface area (Å²) >= 11 is 11.1. The van der Waals surface area contributed by atoms with Crippen molar-refractivity contribution in [1.82, 2.24) is 0 Å². The molecule has 0 saturated heterocycles. The summed E-state index contributed by atoms with van der Waals surface area (Å²) in [5.74, 6) is -0.175. The van der Waals surface area contributed by atoms with E-state index in [9.17, 15) is 13.6 Å². The van der Waals surface area contributed by atoms with Gasteiger partial charge >= 0.3 is 0 Å². The van der Waals surface area contributed by atoms with E-state index in [2.05, 4.69) is 0 Å². The highest BCUT2D eigenvalue weighted by Gasteiger charge is 2.14. The van der Waals surface area contributed by atoms with E-state index in [1.54, 1.807) is 0 Å². The van der Waals surface area contributed by atoms with Crippen molar-refractivity contribution in [3.8, 4) is 0 Å². The van der Waals surface area contributed by atoms with Crippen LogP contribution in [0, 0.1) is 0 Å². The number of alkyl halides is 3. The van der Waals surface area contributed by atoms with Crippen LogP contribution in [-0.2, 0) is 0 Å². The van der Waals surface area contributed by atoms with Gasteiger partial charge in [0.2, 0.25) is 0 Å². The van der Waals surface area contributed by atoms with Gasteiger partial charge in [-0.15, -0.1) is 11.6 Å². The first kappa shape index (κ1) is 12.4. The Morgan fingerprint density at radius 3 is 2.60 bits per heavy atom. The number of hydrogen-bond acceptors (Lipinski definition) is 1. The third-order valence-electron chi connectivity index (χ3n) is 1.86. The number of Topliss-reactive ketones (excluding diaryl/α,β-unsaturated/α-hetero) is 1. The summed E-state index contributed by atoms with van der Waals surface area (Å²) in [6.45, 7) is 0. The Hall–Kier alpha value is -0.670. The summed E-state index contributed by atoms with van der Waals surface area (Å²) in [5.41, 5.74) is -0.104. The molecule has 0 atom stereocenters. The SMILES string of the molecule is O=C(CCCl)c1cc(C(F)F)ccc1Cl. The molecule has 0 N–H and O–H groups in total. The highest BCUT2D eigenvalue weighted by molar-refractivity contribution is 6.34. The van der Waals surface area contributed by atoms with E-state index in [-0.39, 0.29) is 34.2 Å². The second kappa shape index (κ2) is 5.42. The summed E-state index contributed by atoms with van der Waals surface area (Å²) in [6, 6.07) is 3.61. The Kier molecular flexibility index (Phi) is 4.48. The van der Waals surface area contributed by atoms with Crippen LogP contribution in [0.5, 0.6) is 0 Å². The van der Waals surface area contributed by atoms with Crippen molar-refractivity contribution in [2.24, 2.45) is 0 Å². The minimum Gasteiger partial charge on any atom is -0.294 e. The minimum atomic E-state index is -2.61. The lowest BCUT2D eigenvalue weighted by Gasteiger charge is -2.05. The van der Waals surface area contributed by atoms with Crippen LogP contribution in [-0.4, -0.2) is 11.7 Å². The molecular formula is C10H8Cl2F2O. The number of rotatable bonds is 4. The molecule has 0 aliphatic rings. The lowest BCUT2D eigenvalue weighted by atomic mass is 10.1. The highest BCUT2D eigenvalue weighted by atomic mass is 35.5. The molecule has 0 amide bonds. The van der Waals surface area contributed by atoms with Crippen LogP contribution in [0.25, 0.3) is 0 Å². The van der Waals surface area contributed by atoms with E-state index >= 15 is 0 Å². The molecule has 1 nitrogen and oxygen atoms in total. The molecule has 15 heavy (non-hydrogen) atoms. The van der Waals surface area contributed by atoms with E-state index in [1.165, 1.54) is 12.1 Å². The van der Waals surface area contributed by atoms with Crippen LogP contribution in [0.3, 0.4) is 0 Å². The van der Waals surface area contributed by atoms with Crippen molar-refractivity contribution in [2.75, 3.05) is 5.88 Å². The Morgan fingerprint density at radius 2 is 2.07 bits per heavy atom. The molecule has 0 saturated carbocycles. The molecule has 0 aliphatic heterocycles. The number of ketones is 1. The fraction of sp³-hybridized carbons (Fsp3) is 0.300. The first-order chi connectivity index (χ1) is 7.06. The summed E-state index contributed by atoms with van der Waals surface area (Å²) in [7, 11) is 0. The zero-order valence-electron chi connectivity index (χ0n) is 7.64. The Morgan fingerprint density at radius 1 is 1.40 bits per heavy atom. The van der Waals surface area contributed by atoms with Gasteiger partial charge in [0.1, 0.15) is 0 Å². The second-order valence-corrected chi connectivity index (χ2v) is 3.69. The van der Waals surface area contributed by atoms with Crippen LogP contribution in [0.2, 0.25) is 5.02 Å². The molecule has 5 heteroatoms. The van der Waals surface area contributed by atoms with Crippen LogP contribution in [0.4, 0.5) is 8.78 Å². The van der Waals surface area contributed by atoms with Crippen molar-refractivity contribution < 1.29 is 13.6 Å². The number of halogens is 4. The molecule has 82 valence electrons. The van der Waals surface area contributed by atoms with E-state index in [1.807, 2.05) is 0 Å². The Balaban J connectivity index is 3.05. The monoisotopic (exact) mass is 252 g/mol. The van der Waals surface area contributed by atoms with Gasteiger partial charge in [0.05, 0.1) is 5.02 Å². The summed E-state index contributed by atoms with van der Waals surface area (Å²) in [5, 5.41) is 0.175. The summed E-state index contributed by atoms with van der Waals surface area (Å²) < 4.78 is 24.7. The van der Waals surface area contributed by atoms with E-state index in [4.69, 9.17) is 23.2 Å². The van der Waals surface area contributed by atoms with Crippen molar-refractivity contribution in [1.29, 1.82) is 0 Å². The average Bonchev–Trinajstić information content (AvgIpc) is 2.18. The molecule has 0 bridgehead atoms. The lowest BCUT2D eigenvalue weighted by Crippen LogP contribution is -2.02. The van der Waals surface area contributed by atoms with Crippen molar-refractivity contribution in [3.05, 3.63) is 34.3 Å². The predicted octanol–water partition coefficient (Wildman–Crippen LogP) is 4.09. The van der Waals surface area contributed by atoms with Crippen molar-refractivity contribution in [3.63, 3.8) is 0 Å². The van der Waals surface area contributed by atoms with Gasteiger partial charge in [-0.3, -0.25) is 4.79 Å². The van der Waals surface area contributed by atoms with Gasteiger partial charge in [-0.25, -0.2) is 8.78 Å². The van der Waals surface area contributed by atoms with Gasteiger partial charge in [-0.2, -0.15) is 0 Å². The maximum Gasteiger partial charge on any atom is 0.263 e. The molecule has 0 unspecified atom stereocenters. The molecule has 0 fully saturated rings. The smallest absolute Gasteiger partial charge is 0.263 e. The van der Waals surface area contributed by atoms with Crippen LogP contribution in [0.15, 0.2) is 18.2 Å². The normalized spacial score (nSPS) is 10.7. The van der Waals surface area contributed by atoms with Gasteiger partial charge in [-0.1, -0.05) is 17.7 Å². The number of carbonyl (C=O) groups excluding carboxylic acids is 1. The quantitative estimate of drug-likeness (QED) is 0.583.